The summed E-state index contributed by atoms with van der Waals surface area (Å²) in [6.07, 6.45) is 40.3. The molecule has 0 saturated heterocycles. The van der Waals surface area contributed by atoms with Gasteiger partial charge >= 0.3 is 11.9 Å². The minimum Gasteiger partial charge on any atom is -0.544 e. The molecule has 8 heteroatoms. The minimum absolute atomic E-state index is 0.0386. The van der Waals surface area contributed by atoms with Gasteiger partial charge in [-0.05, 0) is 51.4 Å². The van der Waals surface area contributed by atoms with Gasteiger partial charge in [-0.2, -0.15) is 0 Å². The molecule has 0 N–H and O–H groups in total. The van der Waals surface area contributed by atoms with E-state index in [1.165, 1.54) is 51.4 Å². The Balaban J connectivity index is 4.14. The maximum absolute atomic E-state index is 12.6. The van der Waals surface area contributed by atoms with Gasteiger partial charge in [0.1, 0.15) is 12.6 Å². The van der Waals surface area contributed by atoms with Crippen LogP contribution in [-0.4, -0.2) is 75.5 Å². The molecule has 0 spiro atoms. The molecule has 0 aromatic carbocycles. The summed E-state index contributed by atoms with van der Waals surface area (Å²) in [5.74, 6) is -1.76. The van der Waals surface area contributed by atoms with Gasteiger partial charge in [-0.1, -0.05) is 140 Å². The molecule has 0 aliphatic carbocycles. The summed E-state index contributed by atoms with van der Waals surface area (Å²) in [6.45, 7) is 4.45. The summed E-state index contributed by atoms with van der Waals surface area (Å²) >= 11 is 0. The molecule has 0 aromatic rings. The number of unbranched alkanes of at least 4 members (excludes halogenated alkanes) is 14. The van der Waals surface area contributed by atoms with E-state index in [0.717, 1.165) is 77.0 Å². The molecular weight excluding hydrogens is 654 g/mol. The molecule has 0 aromatic heterocycles. The van der Waals surface area contributed by atoms with Crippen molar-refractivity contribution in [3.63, 3.8) is 0 Å². The van der Waals surface area contributed by atoms with E-state index >= 15 is 0 Å². The second kappa shape index (κ2) is 35.3. The van der Waals surface area contributed by atoms with E-state index in [-0.39, 0.29) is 42.7 Å². The average molecular weight is 732 g/mol. The van der Waals surface area contributed by atoms with Crippen molar-refractivity contribution in [2.45, 2.75) is 174 Å². The number of hydrogen-bond acceptors (Lipinski definition) is 7. The maximum atomic E-state index is 12.6. The summed E-state index contributed by atoms with van der Waals surface area (Å²) in [4.78, 5) is 36.5. The van der Waals surface area contributed by atoms with E-state index in [4.69, 9.17) is 14.2 Å². The fraction of sp³-hybridized carbons (Fsp3) is 0.750. The predicted octanol–water partition coefficient (Wildman–Crippen LogP) is 9.52. The lowest BCUT2D eigenvalue weighted by atomic mass is 10.0. The molecule has 52 heavy (non-hydrogen) atoms. The lowest BCUT2D eigenvalue weighted by Crippen LogP contribution is -2.55. The zero-order valence-electron chi connectivity index (χ0n) is 34.0. The summed E-state index contributed by atoms with van der Waals surface area (Å²) in [5.41, 5.74) is 0. The predicted molar refractivity (Wildman–Crippen MR) is 213 cm³/mol. The largest absolute Gasteiger partial charge is 0.544 e. The van der Waals surface area contributed by atoms with Crippen LogP contribution >= 0.6 is 0 Å². The van der Waals surface area contributed by atoms with Crippen molar-refractivity contribution >= 4 is 17.9 Å². The van der Waals surface area contributed by atoms with Gasteiger partial charge in [-0.15, -0.1) is 0 Å². The first kappa shape index (κ1) is 49.3. The zero-order valence-corrected chi connectivity index (χ0v) is 34.0. The summed E-state index contributed by atoms with van der Waals surface area (Å²) in [7, 11) is 5.39. The highest BCUT2D eigenvalue weighted by Gasteiger charge is 2.25. The topological polar surface area (TPSA) is 102 Å². The van der Waals surface area contributed by atoms with Gasteiger partial charge in [0.25, 0.3) is 0 Å². The van der Waals surface area contributed by atoms with Crippen LogP contribution in [0.15, 0.2) is 48.6 Å². The molecule has 0 aliphatic heterocycles. The Morgan fingerprint density at radius 2 is 1.08 bits per heavy atom. The summed E-state index contributed by atoms with van der Waals surface area (Å²) in [5, 5.41) is 11.6. The number of carbonyl (C=O) groups excluding carboxylic acids is 3. The number of nitrogens with zero attached hydrogens (tertiary/aromatic N) is 1. The average Bonchev–Trinajstić information content (AvgIpc) is 3.09. The second-order valence-electron chi connectivity index (χ2n) is 14.8. The third-order valence-corrected chi connectivity index (χ3v) is 8.98. The van der Waals surface area contributed by atoms with Gasteiger partial charge in [0.2, 0.25) is 0 Å². The second-order valence-corrected chi connectivity index (χ2v) is 14.8. The molecule has 0 fully saturated rings. The van der Waals surface area contributed by atoms with Crippen molar-refractivity contribution in [2.24, 2.45) is 0 Å². The number of hydrogen-bond donors (Lipinski definition) is 0. The highest BCUT2D eigenvalue weighted by atomic mass is 16.6. The van der Waals surface area contributed by atoms with Crippen LogP contribution in [0.1, 0.15) is 162 Å². The normalized spacial score (nSPS) is 13.5. The van der Waals surface area contributed by atoms with Crippen LogP contribution in [0.2, 0.25) is 0 Å². The van der Waals surface area contributed by atoms with Crippen LogP contribution in [0.25, 0.3) is 0 Å². The van der Waals surface area contributed by atoms with Crippen molar-refractivity contribution < 1.29 is 38.2 Å². The highest BCUT2D eigenvalue weighted by molar-refractivity contribution is 5.70. The Morgan fingerprint density at radius 1 is 0.596 bits per heavy atom. The number of likely N-dealkylation sites (N-methyl/N-ethyl adjacent to an activating group) is 1. The molecule has 2 unspecified atom stereocenters. The molecule has 0 bridgehead atoms. The first-order chi connectivity index (χ1) is 25.1. The van der Waals surface area contributed by atoms with Crippen LogP contribution < -0.4 is 5.11 Å². The maximum Gasteiger partial charge on any atom is 0.306 e. The highest BCUT2D eigenvalue weighted by Crippen LogP contribution is 2.14. The molecule has 8 nitrogen and oxygen atoms in total. The van der Waals surface area contributed by atoms with Crippen molar-refractivity contribution in [2.75, 3.05) is 41.0 Å². The number of quaternary nitrogens is 1. The number of rotatable bonds is 36. The van der Waals surface area contributed by atoms with Crippen LogP contribution in [0.3, 0.4) is 0 Å². The molecule has 0 heterocycles. The lowest BCUT2D eigenvalue weighted by Gasteiger charge is -2.34. The molecule has 300 valence electrons. The van der Waals surface area contributed by atoms with Crippen molar-refractivity contribution in [3.8, 4) is 0 Å². The molecule has 0 amide bonds. The SMILES string of the molecule is CC/C=C\C/C=C\C/C=C\C/C=C\CCCCCCCCCCCCC(=O)OC(COCCC(C(=O)[O-])[N+](C)(C)C)COC(=O)CCCCCCC. The Labute approximate surface area is 318 Å². The van der Waals surface area contributed by atoms with Gasteiger partial charge in [-0.25, -0.2) is 0 Å². The number of carboxylic acid groups (broad SMARTS) is 1. The van der Waals surface area contributed by atoms with Crippen molar-refractivity contribution in [3.05, 3.63) is 48.6 Å². The first-order valence-corrected chi connectivity index (χ1v) is 20.7. The smallest absolute Gasteiger partial charge is 0.306 e. The minimum atomic E-state index is -1.13. The van der Waals surface area contributed by atoms with E-state index in [1.54, 1.807) is 21.1 Å². The number of aliphatic carboxylic acids is 1. The molecule has 0 aliphatic rings. The Kier molecular flexibility index (Phi) is 33.5. The van der Waals surface area contributed by atoms with Gasteiger partial charge in [0, 0.05) is 19.3 Å². The van der Waals surface area contributed by atoms with Gasteiger partial charge in [-0.3, -0.25) is 9.59 Å². The Morgan fingerprint density at radius 3 is 1.60 bits per heavy atom. The van der Waals surface area contributed by atoms with E-state index in [9.17, 15) is 19.5 Å². The monoisotopic (exact) mass is 732 g/mol. The number of allylic oxidation sites excluding steroid dienone is 8. The quantitative estimate of drug-likeness (QED) is 0.0274. The van der Waals surface area contributed by atoms with Gasteiger partial charge in [0.05, 0.1) is 40.3 Å². The van der Waals surface area contributed by atoms with E-state index in [0.29, 0.717) is 12.8 Å². The van der Waals surface area contributed by atoms with Crippen LogP contribution in [0.5, 0.6) is 0 Å². The zero-order chi connectivity index (χ0) is 38.5. The van der Waals surface area contributed by atoms with Crippen LogP contribution in [0.4, 0.5) is 0 Å². The van der Waals surface area contributed by atoms with Crippen molar-refractivity contribution in [1.82, 2.24) is 0 Å². The molecule has 0 saturated carbocycles. The number of carbonyl (C=O) groups is 3. The van der Waals surface area contributed by atoms with E-state index < -0.39 is 18.1 Å². The number of carboxylic acids is 1. The van der Waals surface area contributed by atoms with E-state index in [2.05, 4.69) is 62.5 Å². The molecule has 0 radical (unpaired) electrons. The lowest BCUT2D eigenvalue weighted by molar-refractivity contribution is -0.889. The standard InChI is InChI=1S/C44H77NO7/c1-6-8-10-12-13-14-15-16-17-18-19-20-21-22-23-24-25-26-27-28-29-31-33-35-43(47)52-40(39-51-42(46)34-32-30-11-9-7-2)38-50-37-36-41(44(48)49)45(3,4)5/h8,10,13-14,16-17,19-20,40-41H,6-7,9,11-12,15,18,21-39H2,1-5H3/b10-8-,14-13-,17-16-,20-19-. The Bertz CT molecular complexity index is 995. The third kappa shape index (κ3) is 33.1. The van der Waals surface area contributed by atoms with Gasteiger partial charge in [0.15, 0.2) is 6.10 Å². The summed E-state index contributed by atoms with van der Waals surface area (Å²) in [6, 6.07) is -0.724. The number of esters is 2. The third-order valence-electron chi connectivity index (χ3n) is 8.98. The molecule has 2 atom stereocenters. The molecular formula is C44H77NO7. The van der Waals surface area contributed by atoms with Crippen LogP contribution in [0, 0.1) is 0 Å². The number of ether oxygens (including phenoxy) is 3. The van der Waals surface area contributed by atoms with Gasteiger partial charge < -0.3 is 28.6 Å². The fourth-order valence-electron chi connectivity index (χ4n) is 5.77. The van der Waals surface area contributed by atoms with E-state index in [1.807, 2.05) is 0 Å². The van der Waals surface area contributed by atoms with Crippen molar-refractivity contribution in [1.29, 1.82) is 0 Å². The van der Waals surface area contributed by atoms with Crippen LogP contribution in [-0.2, 0) is 28.6 Å². The Hall–Kier alpha value is -2.71. The molecule has 0 rings (SSSR count). The first-order valence-electron chi connectivity index (χ1n) is 20.7. The fourth-order valence-corrected chi connectivity index (χ4v) is 5.77. The summed E-state index contributed by atoms with van der Waals surface area (Å²) < 4.78 is 17.0.